The predicted molar refractivity (Wildman–Crippen MR) is 82.5 cm³/mol. The molecule has 0 radical (unpaired) electrons. The van der Waals surface area contributed by atoms with Crippen LogP contribution >= 0.6 is 0 Å². The molecule has 5 heteroatoms. The molecule has 2 N–H and O–H groups in total. The van der Waals surface area contributed by atoms with Crippen LogP contribution in [0.3, 0.4) is 0 Å². The van der Waals surface area contributed by atoms with Crippen molar-refractivity contribution < 1.29 is 15.0 Å². The van der Waals surface area contributed by atoms with E-state index in [1.165, 1.54) is 11.3 Å². The number of piperidine rings is 1. The van der Waals surface area contributed by atoms with E-state index < -0.39 is 5.97 Å². The van der Waals surface area contributed by atoms with Gasteiger partial charge in [0.1, 0.15) is 0 Å². The lowest BCUT2D eigenvalue weighted by molar-refractivity contribution is -0.137. The number of aliphatic hydroxyl groups excluding tert-OH is 1. The van der Waals surface area contributed by atoms with Gasteiger partial charge in [-0.05, 0) is 37.6 Å². The SMILES string of the molecule is CN(CCC(=O)O)Cc1ccc(N2CCC(O)CC2)cc1. The maximum Gasteiger partial charge on any atom is 0.304 e. The van der Waals surface area contributed by atoms with Crippen LogP contribution in [0.25, 0.3) is 0 Å². The van der Waals surface area contributed by atoms with Crippen LogP contribution in [0.4, 0.5) is 5.69 Å². The van der Waals surface area contributed by atoms with Gasteiger partial charge in [0, 0.05) is 31.9 Å². The summed E-state index contributed by atoms with van der Waals surface area (Å²) in [5, 5.41) is 18.2. The third kappa shape index (κ3) is 5.02. The Morgan fingerprint density at radius 3 is 2.48 bits per heavy atom. The molecule has 0 unspecified atom stereocenters. The molecule has 0 amide bonds. The van der Waals surface area contributed by atoms with Crippen LogP contribution in [-0.2, 0) is 11.3 Å². The highest BCUT2D eigenvalue weighted by atomic mass is 16.4. The van der Waals surface area contributed by atoms with Gasteiger partial charge in [-0.3, -0.25) is 4.79 Å². The topological polar surface area (TPSA) is 64.0 Å². The molecule has 0 spiro atoms. The van der Waals surface area contributed by atoms with E-state index in [9.17, 15) is 9.90 Å². The molecule has 1 saturated heterocycles. The summed E-state index contributed by atoms with van der Waals surface area (Å²) in [5.41, 5.74) is 2.38. The number of anilines is 1. The molecule has 1 aliphatic heterocycles. The average Bonchev–Trinajstić information content (AvgIpc) is 2.47. The normalized spacial score (nSPS) is 16.4. The molecule has 0 saturated carbocycles. The van der Waals surface area contributed by atoms with Crippen molar-refractivity contribution in [2.24, 2.45) is 0 Å². The van der Waals surface area contributed by atoms with Crippen LogP contribution in [0.5, 0.6) is 0 Å². The van der Waals surface area contributed by atoms with E-state index in [2.05, 4.69) is 29.2 Å². The summed E-state index contributed by atoms with van der Waals surface area (Å²) in [7, 11) is 1.93. The quantitative estimate of drug-likeness (QED) is 0.833. The molecule has 1 fully saturated rings. The highest BCUT2D eigenvalue weighted by Crippen LogP contribution is 2.20. The monoisotopic (exact) mass is 292 g/mol. The minimum atomic E-state index is -0.760. The van der Waals surface area contributed by atoms with E-state index in [0.29, 0.717) is 6.54 Å². The molecule has 0 aliphatic carbocycles. The lowest BCUT2D eigenvalue weighted by Gasteiger charge is -2.31. The van der Waals surface area contributed by atoms with Gasteiger partial charge < -0.3 is 20.0 Å². The zero-order valence-electron chi connectivity index (χ0n) is 12.5. The minimum absolute atomic E-state index is 0.150. The molecule has 1 aromatic rings. The van der Waals surface area contributed by atoms with E-state index >= 15 is 0 Å². The molecule has 0 aromatic heterocycles. The van der Waals surface area contributed by atoms with Crippen LogP contribution in [0.2, 0.25) is 0 Å². The molecule has 116 valence electrons. The van der Waals surface area contributed by atoms with Crippen molar-refractivity contribution in [1.29, 1.82) is 0 Å². The van der Waals surface area contributed by atoms with Crippen molar-refractivity contribution in [3.63, 3.8) is 0 Å². The van der Waals surface area contributed by atoms with E-state index in [4.69, 9.17) is 5.11 Å². The van der Waals surface area contributed by atoms with Crippen LogP contribution < -0.4 is 4.90 Å². The Balaban J connectivity index is 1.85. The van der Waals surface area contributed by atoms with Crippen LogP contribution in [0.15, 0.2) is 24.3 Å². The second kappa shape index (κ2) is 7.43. The summed E-state index contributed by atoms with van der Waals surface area (Å²) < 4.78 is 0. The molecule has 2 rings (SSSR count). The Hall–Kier alpha value is -1.59. The Kier molecular flexibility index (Phi) is 5.59. The lowest BCUT2D eigenvalue weighted by atomic mass is 10.1. The number of aliphatic hydroxyl groups is 1. The highest BCUT2D eigenvalue weighted by molar-refractivity contribution is 5.66. The smallest absolute Gasteiger partial charge is 0.304 e. The molecule has 21 heavy (non-hydrogen) atoms. The Morgan fingerprint density at radius 1 is 1.29 bits per heavy atom. The number of rotatable bonds is 6. The zero-order chi connectivity index (χ0) is 15.2. The van der Waals surface area contributed by atoms with Gasteiger partial charge in [-0.1, -0.05) is 12.1 Å². The molecule has 1 heterocycles. The predicted octanol–water partition coefficient (Wildman–Crippen LogP) is 1.55. The summed E-state index contributed by atoms with van der Waals surface area (Å²) in [6.07, 6.45) is 1.69. The van der Waals surface area contributed by atoms with Crippen LogP contribution in [-0.4, -0.2) is 53.9 Å². The molecule has 1 aliphatic rings. The highest BCUT2D eigenvalue weighted by Gasteiger charge is 2.17. The zero-order valence-corrected chi connectivity index (χ0v) is 12.5. The summed E-state index contributed by atoms with van der Waals surface area (Å²) in [6.45, 7) is 3.12. The van der Waals surface area contributed by atoms with Crippen LogP contribution in [0.1, 0.15) is 24.8 Å². The van der Waals surface area contributed by atoms with Gasteiger partial charge in [-0.25, -0.2) is 0 Å². The maximum atomic E-state index is 10.5. The number of carbonyl (C=O) groups is 1. The summed E-state index contributed by atoms with van der Waals surface area (Å²) in [4.78, 5) is 14.9. The van der Waals surface area contributed by atoms with Crippen molar-refractivity contribution >= 4 is 11.7 Å². The van der Waals surface area contributed by atoms with E-state index in [1.807, 2.05) is 11.9 Å². The number of aliphatic carboxylic acids is 1. The van der Waals surface area contributed by atoms with Crippen molar-refractivity contribution in [3.8, 4) is 0 Å². The van der Waals surface area contributed by atoms with Gasteiger partial charge in [0.15, 0.2) is 0 Å². The van der Waals surface area contributed by atoms with Crippen molar-refractivity contribution in [2.45, 2.75) is 31.9 Å². The number of hydrogen-bond donors (Lipinski definition) is 2. The van der Waals surface area contributed by atoms with E-state index in [1.54, 1.807) is 0 Å². The van der Waals surface area contributed by atoms with Crippen molar-refractivity contribution in [2.75, 3.05) is 31.6 Å². The average molecular weight is 292 g/mol. The Bertz CT molecular complexity index is 453. The first-order valence-corrected chi connectivity index (χ1v) is 7.47. The second-order valence-electron chi connectivity index (χ2n) is 5.77. The Labute approximate surface area is 125 Å². The van der Waals surface area contributed by atoms with Gasteiger partial charge in [0.2, 0.25) is 0 Å². The number of carboxylic acid groups (broad SMARTS) is 1. The molecule has 1 aromatic carbocycles. The first kappa shape index (κ1) is 15.8. The minimum Gasteiger partial charge on any atom is -0.481 e. The van der Waals surface area contributed by atoms with Gasteiger partial charge in [-0.15, -0.1) is 0 Å². The maximum absolute atomic E-state index is 10.5. The fourth-order valence-electron chi connectivity index (χ4n) is 2.61. The van der Waals surface area contributed by atoms with Crippen LogP contribution in [0, 0.1) is 0 Å². The fourth-order valence-corrected chi connectivity index (χ4v) is 2.61. The molecular formula is C16H24N2O3. The third-order valence-corrected chi connectivity index (χ3v) is 3.93. The first-order chi connectivity index (χ1) is 10.0. The molecule has 5 nitrogen and oxygen atoms in total. The van der Waals surface area contributed by atoms with Gasteiger partial charge in [0.05, 0.1) is 12.5 Å². The van der Waals surface area contributed by atoms with E-state index in [0.717, 1.165) is 32.5 Å². The van der Waals surface area contributed by atoms with Gasteiger partial charge in [0.25, 0.3) is 0 Å². The molecule has 0 atom stereocenters. The molecule has 0 bridgehead atoms. The largest absolute Gasteiger partial charge is 0.481 e. The second-order valence-corrected chi connectivity index (χ2v) is 5.77. The summed E-state index contributed by atoms with van der Waals surface area (Å²) in [6, 6.07) is 8.41. The summed E-state index contributed by atoms with van der Waals surface area (Å²) >= 11 is 0. The number of nitrogens with zero attached hydrogens (tertiary/aromatic N) is 2. The van der Waals surface area contributed by atoms with Crippen molar-refractivity contribution in [3.05, 3.63) is 29.8 Å². The van der Waals surface area contributed by atoms with E-state index in [-0.39, 0.29) is 12.5 Å². The number of benzene rings is 1. The van der Waals surface area contributed by atoms with Crippen molar-refractivity contribution in [1.82, 2.24) is 4.90 Å². The standard InChI is InChI=1S/C16H24N2O3/c1-17(9-8-16(20)21)12-13-2-4-14(5-3-13)18-10-6-15(19)7-11-18/h2-5,15,19H,6-12H2,1H3,(H,20,21). The van der Waals surface area contributed by atoms with Gasteiger partial charge in [-0.2, -0.15) is 0 Å². The number of hydrogen-bond acceptors (Lipinski definition) is 4. The lowest BCUT2D eigenvalue weighted by Crippen LogP contribution is -2.35. The Morgan fingerprint density at radius 2 is 1.90 bits per heavy atom. The number of carboxylic acids is 1. The van der Waals surface area contributed by atoms with Gasteiger partial charge >= 0.3 is 5.97 Å². The summed E-state index contributed by atoms with van der Waals surface area (Å²) in [5.74, 6) is -0.760. The molecular weight excluding hydrogens is 268 g/mol. The fraction of sp³-hybridized carbons (Fsp3) is 0.562. The first-order valence-electron chi connectivity index (χ1n) is 7.47. The third-order valence-electron chi connectivity index (χ3n) is 3.93.